The predicted molar refractivity (Wildman–Crippen MR) is 76.0 cm³/mol. The fourth-order valence-corrected chi connectivity index (χ4v) is 3.79. The van der Waals surface area contributed by atoms with E-state index in [-0.39, 0.29) is 17.8 Å². The maximum Gasteiger partial charge on any atom is 0.211 e. The molecule has 1 aliphatic rings. The van der Waals surface area contributed by atoms with Gasteiger partial charge in [-0.3, -0.25) is 0 Å². The Hall–Kier alpha value is -0.200. The highest BCUT2D eigenvalue weighted by Crippen LogP contribution is 2.28. The smallest absolute Gasteiger partial charge is 0.211 e. The van der Waals surface area contributed by atoms with Gasteiger partial charge in [-0.1, -0.05) is 13.8 Å². The van der Waals surface area contributed by atoms with Crippen molar-refractivity contribution in [1.82, 2.24) is 4.31 Å². The van der Waals surface area contributed by atoms with Crippen molar-refractivity contribution in [3.05, 3.63) is 0 Å². The van der Waals surface area contributed by atoms with Crippen LogP contribution in [0.1, 0.15) is 33.1 Å². The first kappa shape index (κ1) is 16.9. The number of rotatable bonds is 6. The molecule has 0 bridgehead atoms. The fraction of sp³-hybridized carbons (Fsp3) is 1.00. The summed E-state index contributed by atoms with van der Waals surface area (Å²) < 4.78 is 38.8. The topological polar surface area (TPSA) is 63.4 Å². The van der Waals surface area contributed by atoms with Gasteiger partial charge in [-0.15, -0.1) is 0 Å². The van der Waals surface area contributed by atoms with Crippen molar-refractivity contribution >= 4 is 10.0 Å². The summed E-state index contributed by atoms with van der Waals surface area (Å²) in [5.41, 5.74) is 5.63. The van der Waals surface area contributed by atoms with E-state index in [1.54, 1.807) is 0 Å². The van der Waals surface area contributed by atoms with Crippen molar-refractivity contribution in [3.8, 4) is 0 Å². The highest BCUT2D eigenvalue weighted by atomic mass is 32.2. The lowest BCUT2D eigenvalue weighted by Crippen LogP contribution is -2.41. The Balaban J connectivity index is 2.57. The van der Waals surface area contributed by atoms with Gasteiger partial charge in [-0.05, 0) is 37.6 Å². The van der Waals surface area contributed by atoms with Crippen molar-refractivity contribution in [3.63, 3.8) is 0 Å². The van der Waals surface area contributed by atoms with E-state index in [1.807, 2.05) is 13.8 Å². The number of piperidine rings is 1. The molecule has 1 fully saturated rings. The van der Waals surface area contributed by atoms with Crippen LogP contribution in [0.15, 0.2) is 0 Å². The summed E-state index contributed by atoms with van der Waals surface area (Å²) in [4.78, 5) is 0. The third-order valence-corrected chi connectivity index (χ3v) is 5.37. The molecule has 6 heteroatoms. The van der Waals surface area contributed by atoms with E-state index in [9.17, 15) is 12.8 Å². The maximum absolute atomic E-state index is 14.3. The maximum atomic E-state index is 14.3. The Kier molecular flexibility index (Phi) is 6.20. The standard InChI is InChI=1S/C13H27FN2O2S/c1-10(2)12(8-15)13(14)7-11-5-4-6-16(9-11)19(3,17)18/h10-13H,4-9,15H2,1-3H3. The van der Waals surface area contributed by atoms with Gasteiger partial charge in [0.2, 0.25) is 10.0 Å². The van der Waals surface area contributed by atoms with Crippen LogP contribution in [0.5, 0.6) is 0 Å². The molecule has 0 radical (unpaired) electrons. The Morgan fingerprint density at radius 3 is 2.53 bits per heavy atom. The Morgan fingerprint density at radius 2 is 2.05 bits per heavy atom. The third-order valence-electron chi connectivity index (χ3n) is 4.10. The van der Waals surface area contributed by atoms with Gasteiger partial charge in [0.1, 0.15) is 6.17 Å². The van der Waals surface area contributed by atoms with Crippen LogP contribution in [-0.2, 0) is 10.0 Å². The minimum absolute atomic E-state index is 0.117. The van der Waals surface area contributed by atoms with Crippen molar-refractivity contribution in [2.45, 2.75) is 39.3 Å². The molecule has 1 aliphatic heterocycles. The summed E-state index contributed by atoms with van der Waals surface area (Å²) in [6.07, 6.45) is 2.43. The second kappa shape index (κ2) is 6.99. The van der Waals surface area contributed by atoms with Crippen molar-refractivity contribution < 1.29 is 12.8 Å². The SMILES string of the molecule is CC(C)C(CN)C(F)CC1CCCN(S(C)(=O)=O)C1. The predicted octanol–water partition coefficient (Wildman–Crippen LogP) is 1.62. The minimum atomic E-state index is -3.15. The molecule has 0 aromatic rings. The van der Waals surface area contributed by atoms with Crippen molar-refractivity contribution in [1.29, 1.82) is 0 Å². The zero-order chi connectivity index (χ0) is 14.6. The molecule has 0 aromatic heterocycles. The van der Waals surface area contributed by atoms with Crippen LogP contribution in [0.2, 0.25) is 0 Å². The summed E-state index contributed by atoms with van der Waals surface area (Å²) in [6, 6.07) is 0. The first-order chi connectivity index (χ1) is 8.75. The van der Waals surface area contributed by atoms with Gasteiger partial charge in [0, 0.05) is 19.0 Å². The highest BCUT2D eigenvalue weighted by Gasteiger charge is 2.31. The lowest BCUT2D eigenvalue weighted by atomic mass is 9.84. The van der Waals surface area contributed by atoms with Gasteiger partial charge in [0.15, 0.2) is 0 Å². The number of nitrogens with two attached hydrogens (primary N) is 1. The molecule has 2 N–H and O–H groups in total. The molecular formula is C13H27FN2O2S. The van der Waals surface area contributed by atoms with Crippen LogP contribution in [0.25, 0.3) is 0 Å². The molecule has 1 heterocycles. The molecule has 1 rings (SSSR count). The molecule has 0 aliphatic carbocycles. The Bertz CT molecular complexity index is 373. The van der Waals surface area contributed by atoms with Crippen LogP contribution in [-0.4, -0.2) is 44.8 Å². The monoisotopic (exact) mass is 294 g/mol. The van der Waals surface area contributed by atoms with E-state index in [0.29, 0.717) is 26.1 Å². The average Bonchev–Trinajstić information content (AvgIpc) is 2.28. The number of halogens is 1. The first-order valence-electron chi connectivity index (χ1n) is 7.05. The summed E-state index contributed by atoms with van der Waals surface area (Å²) >= 11 is 0. The molecule has 3 unspecified atom stereocenters. The number of sulfonamides is 1. The number of alkyl halides is 1. The highest BCUT2D eigenvalue weighted by molar-refractivity contribution is 7.88. The van der Waals surface area contributed by atoms with E-state index in [4.69, 9.17) is 5.73 Å². The van der Waals surface area contributed by atoms with E-state index in [1.165, 1.54) is 10.6 Å². The number of hydrogen-bond donors (Lipinski definition) is 1. The van der Waals surface area contributed by atoms with E-state index in [0.717, 1.165) is 12.8 Å². The molecule has 19 heavy (non-hydrogen) atoms. The molecule has 114 valence electrons. The summed E-state index contributed by atoms with van der Waals surface area (Å²) in [5, 5.41) is 0. The van der Waals surface area contributed by atoms with Crippen LogP contribution in [0.4, 0.5) is 4.39 Å². The summed E-state index contributed by atoms with van der Waals surface area (Å²) in [7, 11) is -3.15. The molecule has 0 amide bonds. The molecule has 0 saturated carbocycles. The van der Waals surface area contributed by atoms with E-state index >= 15 is 0 Å². The zero-order valence-corrected chi connectivity index (χ0v) is 13.0. The van der Waals surface area contributed by atoms with Crippen molar-refractivity contribution in [2.24, 2.45) is 23.5 Å². The second-order valence-electron chi connectivity index (χ2n) is 6.02. The zero-order valence-electron chi connectivity index (χ0n) is 12.2. The van der Waals surface area contributed by atoms with Crippen LogP contribution in [0.3, 0.4) is 0 Å². The second-order valence-corrected chi connectivity index (χ2v) is 8.01. The third kappa shape index (κ3) is 5.00. The molecule has 0 aromatic carbocycles. The Morgan fingerprint density at radius 1 is 1.42 bits per heavy atom. The molecule has 1 saturated heterocycles. The van der Waals surface area contributed by atoms with Gasteiger partial charge in [0.05, 0.1) is 6.26 Å². The summed E-state index contributed by atoms with van der Waals surface area (Å²) in [6.45, 7) is 5.33. The number of nitrogens with zero attached hydrogens (tertiary/aromatic N) is 1. The molecular weight excluding hydrogens is 267 g/mol. The lowest BCUT2D eigenvalue weighted by molar-refractivity contribution is 0.132. The minimum Gasteiger partial charge on any atom is -0.330 e. The van der Waals surface area contributed by atoms with Gasteiger partial charge in [-0.2, -0.15) is 0 Å². The Labute approximate surface area is 116 Å². The summed E-state index contributed by atoms with van der Waals surface area (Å²) in [5.74, 6) is 0.203. The van der Waals surface area contributed by atoms with Gasteiger partial charge in [0.25, 0.3) is 0 Å². The van der Waals surface area contributed by atoms with Gasteiger partial charge >= 0.3 is 0 Å². The normalized spacial score (nSPS) is 25.5. The van der Waals surface area contributed by atoms with E-state index in [2.05, 4.69) is 0 Å². The average molecular weight is 294 g/mol. The van der Waals surface area contributed by atoms with Crippen LogP contribution < -0.4 is 5.73 Å². The largest absolute Gasteiger partial charge is 0.330 e. The molecule has 0 spiro atoms. The first-order valence-corrected chi connectivity index (χ1v) is 8.89. The lowest BCUT2D eigenvalue weighted by Gasteiger charge is -2.33. The molecule has 4 nitrogen and oxygen atoms in total. The van der Waals surface area contributed by atoms with Gasteiger partial charge < -0.3 is 5.73 Å². The van der Waals surface area contributed by atoms with Crippen LogP contribution >= 0.6 is 0 Å². The number of hydrogen-bond acceptors (Lipinski definition) is 3. The van der Waals surface area contributed by atoms with Gasteiger partial charge in [-0.25, -0.2) is 17.1 Å². The quantitative estimate of drug-likeness (QED) is 0.809. The van der Waals surface area contributed by atoms with E-state index < -0.39 is 16.2 Å². The van der Waals surface area contributed by atoms with Crippen molar-refractivity contribution in [2.75, 3.05) is 25.9 Å². The van der Waals surface area contributed by atoms with Crippen LogP contribution in [0, 0.1) is 17.8 Å². The molecule has 3 atom stereocenters. The fourth-order valence-electron chi connectivity index (χ4n) is 2.85.